The SMILES string of the molecule is COc1ccc(C(=O)OCC(=O)c2ccc(NC(=O)c3ccccc3)cc2)cc1OC. The van der Waals surface area contributed by atoms with Gasteiger partial charge in [-0.3, -0.25) is 9.59 Å². The summed E-state index contributed by atoms with van der Waals surface area (Å²) in [5.74, 6) is -0.398. The predicted octanol–water partition coefficient (Wildman–Crippen LogP) is 4.00. The van der Waals surface area contributed by atoms with Gasteiger partial charge < -0.3 is 19.5 Å². The number of hydrogen-bond acceptors (Lipinski definition) is 6. The molecule has 0 unspecified atom stereocenters. The lowest BCUT2D eigenvalue weighted by atomic mass is 10.1. The van der Waals surface area contributed by atoms with Gasteiger partial charge >= 0.3 is 5.97 Å². The Bertz CT molecular complexity index is 1080. The van der Waals surface area contributed by atoms with Crippen LogP contribution in [0.25, 0.3) is 0 Å². The van der Waals surface area contributed by atoms with E-state index in [1.165, 1.54) is 26.4 Å². The van der Waals surface area contributed by atoms with Gasteiger partial charge in [-0.15, -0.1) is 0 Å². The molecule has 1 N–H and O–H groups in total. The molecule has 0 bridgehead atoms. The van der Waals surface area contributed by atoms with Gasteiger partial charge in [-0.1, -0.05) is 18.2 Å². The van der Waals surface area contributed by atoms with Crippen LogP contribution in [0.4, 0.5) is 5.69 Å². The molecule has 1 amide bonds. The molecule has 3 aromatic carbocycles. The lowest BCUT2D eigenvalue weighted by Crippen LogP contribution is -2.15. The van der Waals surface area contributed by atoms with E-state index in [-0.39, 0.29) is 17.3 Å². The standard InChI is InChI=1S/C24H21NO6/c1-29-21-13-10-18(14-22(21)30-2)24(28)31-15-20(26)16-8-11-19(12-9-16)25-23(27)17-6-4-3-5-7-17/h3-14H,15H2,1-2H3,(H,25,27). The van der Waals surface area contributed by atoms with Crippen LogP contribution in [0.2, 0.25) is 0 Å². The van der Waals surface area contributed by atoms with E-state index in [1.54, 1.807) is 54.6 Å². The molecule has 0 aliphatic rings. The van der Waals surface area contributed by atoms with Crippen molar-refractivity contribution in [3.63, 3.8) is 0 Å². The minimum atomic E-state index is -0.652. The normalized spacial score (nSPS) is 10.1. The molecule has 0 aliphatic carbocycles. The summed E-state index contributed by atoms with van der Waals surface area (Å²) in [6, 6.07) is 19.7. The second-order valence-corrected chi connectivity index (χ2v) is 6.47. The number of anilines is 1. The van der Waals surface area contributed by atoms with Crippen molar-refractivity contribution in [2.75, 3.05) is 26.1 Å². The summed E-state index contributed by atoms with van der Waals surface area (Å²) in [6.45, 7) is -0.414. The molecule has 0 radical (unpaired) electrons. The Morgan fingerprint density at radius 3 is 2.03 bits per heavy atom. The Morgan fingerprint density at radius 1 is 0.742 bits per heavy atom. The molecule has 7 nitrogen and oxygen atoms in total. The van der Waals surface area contributed by atoms with Crippen molar-refractivity contribution in [2.24, 2.45) is 0 Å². The van der Waals surface area contributed by atoms with Gasteiger partial charge in [0.2, 0.25) is 0 Å². The third kappa shape index (κ3) is 5.48. The highest BCUT2D eigenvalue weighted by molar-refractivity contribution is 6.05. The fourth-order valence-electron chi connectivity index (χ4n) is 2.79. The van der Waals surface area contributed by atoms with Crippen molar-refractivity contribution in [1.29, 1.82) is 0 Å². The molecule has 3 aromatic rings. The van der Waals surface area contributed by atoms with Gasteiger partial charge in [0.1, 0.15) is 0 Å². The Labute approximate surface area is 179 Å². The second-order valence-electron chi connectivity index (χ2n) is 6.47. The summed E-state index contributed by atoms with van der Waals surface area (Å²) in [5.41, 5.74) is 1.68. The first kappa shape index (κ1) is 21.6. The number of esters is 1. The molecule has 0 spiro atoms. The quantitative estimate of drug-likeness (QED) is 0.438. The van der Waals surface area contributed by atoms with Gasteiger partial charge in [-0.05, 0) is 54.6 Å². The largest absolute Gasteiger partial charge is 0.493 e. The zero-order chi connectivity index (χ0) is 22.2. The molecule has 158 valence electrons. The van der Waals surface area contributed by atoms with Crippen LogP contribution in [0.3, 0.4) is 0 Å². The van der Waals surface area contributed by atoms with Crippen LogP contribution in [-0.4, -0.2) is 38.5 Å². The van der Waals surface area contributed by atoms with Crippen LogP contribution in [0, 0.1) is 0 Å². The molecule has 0 fully saturated rings. The number of rotatable bonds is 8. The topological polar surface area (TPSA) is 90.9 Å². The first-order valence-electron chi connectivity index (χ1n) is 9.40. The molecule has 31 heavy (non-hydrogen) atoms. The number of hydrogen-bond donors (Lipinski definition) is 1. The minimum Gasteiger partial charge on any atom is -0.493 e. The van der Waals surface area contributed by atoms with Crippen LogP contribution in [0.1, 0.15) is 31.1 Å². The molecule has 0 aliphatic heterocycles. The fraction of sp³-hybridized carbons (Fsp3) is 0.125. The first-order valence-corrected chi connectivity index (χ1v) is 9.40. The summed E-state index contributed by atoms with van der Waals surface area (Å²) in [4.78, 5) is 36.8. The molecule has 0 heterocycles. The number of benzene rings is 3. The van der Waals surface area contributed by atoms with Crippen molar-refractivity contribution >= 4 is 23.3 Å². The van der Waals surface area contributed by atoms with Crippen molar-refractivity contribution in [3.05, 3.63) is 89.5 Å². The van der Waals surface area contributed by atoms with Crippen LogP contribution in [0.15, 0.2) is 72.8 Å². The van der Waals surface area contributed by atoms with E-state index in [9.17, 15) is 14.4 Å². The maximum absolute atomic E-state index is 12.3. The number of ketones is 1. The Kier molecular flexibility index (Phi) is 7.01. The van der Waals surface area contributed by atoms with E-state index in [0.29, 0.717) is 28.3 Å². The maximum Gasteiger partial charge on any atom is 0.338 e. The number of ether oxygens (including phenoxy) is 3. The minimum absolute atomic E-state index is 0.240. The van der Waals surface area contributed by atoms with Crippen LogP contribution < -0.4 is 14.8 Å². The first-order chi connectivity index (χ1) is 15.0. The van der Waals surface area contributed by atoms with Gasteiger partial charge in [0.25, 0.3) is 5.91 Å². The van der Waals surface area contributed by atoms with Gasteiger partial charge in [0, 0.05) is 16.8 Å². The van der Waals surface area contributed by atoms with Crippen LogP contribution >= 0.6 is 0 Å². The average molecular weight is 419 g/mol. The molecular weight excluding hydrogens is 398 g/mol. The summed E-state index contributed by atoms with van der Waals surface area (Å²) in [5, 5.41) is 2.76. The molecule has 7 heteroatoms. The van der Waals surface area contributed by atoms with E-state index < -0.39 is 12.6 Å². The lowest BCUT2D eigenvalue weighted by molar-refractivity contribution is 0.0474. The van der Waals surface area contributed by atoms with Crippen molar-refractivity contribution in [3.8, 4) is 11.5 Å². The van der Waals surface area contributed by atoms with Crippen LogP contribution in [-0.2, 0) is 4.74 Å². The summed E-state index contributed by atoms with van der Waals surface area (Å²) in [6.07, 6.45) is 0. The van der Waals surface area contributed by atoms with Gasteiger partial charge in [0.15, 0.2) is 23.9 Å². The smallest absolute Gasteiger partial charge is 0.338 e. The third-order valence-electron chi connectivity index (χ3n) is 4.45. The average Bonchev–Trinajstić information content (AvgIpc) is 2.82. The zero-order valence-corrected chi connectivity index (χ0v) is 17.1. The van der Waals surface area contributed by atoms with Crippen LogP contribution in [0.5, 0.6) is 11.5 Å². The van der Waals surface area contributed by atoms with E-state index in [0.717, 1.165) is 0 Å². The summed E-state index contributed by atoms with van der Waals surface area (Å²) in [7, 11) is 2.95. The zero-order valence-electron chi connectivity index (χ0n) is 17.1. The molecule has 0 aromatic heterocycles. The fourth-order valence-corrected chi connectivity index (χ4v) is 2.79. The van der Waals surface area contributed by atoms with Gasteiger partial charge in [0.05, 0.1) is 19.8 Å². The lowest BCUT2D eigenvalue weighted by Gasteiger charge is -2.10. The number of Topliss-reactive ketones (excluding diaryl/α,β-unsaturated/α-hetero) is 1. The van der Waals surface area contributed by atoms with E-state index in [4.69, 9.17) is 14.2 Å². The maximum atomic E-state index is 12.3. The second kappa shape index (κ2) is 10.1. The Balaban J connectivity index is 1.57. The highest BCUT2D eigenvalue weighted by atomic mass is 16.5. The van der Waals surface area contributed by atoms with Gasteiger partial charge in [-0.2, -0.15) is 0 Å². The molecule has 0 saturated heterocycles. The van der Waals surface area contributed by atoms with Crippen molar-refractivity contribution in [2.45, 2.75) is 0 Å². The van der Waals surface area contributed by atoms with E-state index in [1.807, 2.05) is 6.07 Å². The Hall–Kier alpha value is -4.13. The number of carbonyl (C=O) groups excluding carboxylic acids is 3. The third-order valence-corrected chi connectivity index (χ3v) is 4.45. The molecular formula is C24H21NO6. The number of carbonyl (C=O) groups is 3. The molecule has 0 atom stereocenters. The van der Waals surface area contributed by atoms with Crippen molar-refractivity contribution in [1.82, 2.24) is 0 Å². The molecule has 0 saturated carbocycles. The highest BCUT2D eigenvalue weighted by Crippen LogP contribution is 2.27. The van der Waals surface area contributed by atoms with Gasteiger partial charge in [-0.25, -0.2) is 4.79 Å². The monoisotopic (exact) mass is 419 g/mol. The number of amides is 1. The number of methoxy groups -OCH3 is 2. The summed E-state index contributed by atoms with van der Waals surface area (Å²) >= 11 is 0. The molecule has 3 rings (SSSR count). The van der Waals surface area contributed by atoms with Crippen molar-refractivity contribution < 1.29 is 28.6 Å². The van der Waals surface area contributed by atoms with E-state index >= 15 is 0 Å². The highest BCUT2D eigenvalue weighted by Gasteiger charge is 2.15. The summed E-state index contributed by atoms with van der Waals surface area (Å²) < 4.78 is 15.4. The number of nitrogens with one attached hydrogen (secondary N) is 1. The van der Waals surface area contributed by atoms with E-state index in [2.05, 4.69) is 5.32 Å². The Morgan fingerprint density at radius 2 is 1.39 bits per heavy atom. The predicted molar refractivity (Wildman–Crippen MR) is 115 cm³/mol.